The number of carbonyl (C=O) groups excluding carboxylic acids is 1. The van der Waals surface area contributed by atoms with Gasteiger partial charge in [-0.25, -0.2) is 0 Å². The van der Waals surface area contributed by atoms with Crippen LogP contribution in [-0.4, -0.2) is 43.2 Å². The lowest BCUT2D eigenvalue weighted by atomic mass is 9.87. The lowest BCUT2D eigenvalue weighted by molar-refractivity contribution is -0.152. The third-order valence-corrected chi connectivity index (χ3v) is 4.10. The summed E-state index contributed by atoms with van der Waals surface area (Å²) >= 11 is 0. The average molecular weight is 270 g/mol. The van der Waals surface area contributed by atoms with E-state index in [1.54, 1.807) is 0 Å². The Bertz CT molecular complexity index is 284. The minimum Gasteiger partial charge on any atom is -0.469 e. The molecular weight excluding hydrogens is 240 g/mol. The predicted octanol–water partition coefficient (Wildman–Crippen LogP) is 2.17. The molecule has 0 amide bonds. The van der Waals surface area contributed by atoms with Crippen LogP contribution in [0.15, 0.2) is 0 Å². The Balaban J connectivity index is 2.64. The zero-order valence-electron chi connectivity index (χ0n) is 12.9. The first kappa shape index (κ1) is 16.4. The third-order valence-electron chi connectivity index (χ3n) is 4.10. The van der Waals surface area contributed by atoms with Crippen molar-refractivity contribution in [3.8, 4) is 0 Å². The Morgan fingerprint density at radius 3 is 2.37 bits per heavy atom. The summed E-state index contributed by atoms with van der Waals surface area (Å²) in [6.45, 7) is 7.94. The highest BCUT2D eigenvalue weighted by atomic mass is 16.5. The fourth-order valence-corrected chi connectivity index (χ4v) is 2.99. The van der Waals surface area contributed by atoms with Gasteiger partial charge in [0.1, 0.15) is 0 Å². The maximum atomic E-state index is 11.8. The quantitative estimate of drug-likeness (QED) is 0.752. The van der Waals surface area contributed by atoms with Gasteiger partial charge >= 0.3 is 5.97 Å². The molecule has 0 bridgehead atoms. The monoisotopic (exact) mass is 270 g/mol. The van der Waals surface area contributed by atoms with E-state index in [2.05, 4.69) is 11.8 Å². The molecule has 0 aromatic rings. The molecule has 1 rings (SSSR count). The molecule has 1 aliphatic rings. The lowest BCUT2D eigenvalue weighted by Crippen LogP contribution is -2.47. The molecule has 0 heterocycles. The smallest absolute Gasteiger partial charge is 0.312 e. The van der Waals surface area contributed by atoms with E-state index in [1.807, 2.05) is 13.8 Å². The normalized spacial score (nSPS) is 24.5. The van der Waals surface area contributed by atoms with Gasteiger partial charge in [0.05, 0.1) is 12.5 Å². The number of hydrogen-bond donors (Lipinski definition) is 1. The molecule has 0 spiro atoms. The highest BCUT2D eigenvalue weighted by Crippen LogP contribution is 2.27. The van der Waals surface area contributed by atoms with Crippen molar-refractivity contribution < 1.29 is 9.53 Å². The van der Waals surface area contributed by atoms with Crippen LogP contribution < -0.4 is 5.73 Å². The molecule has 0 saturated heterocycles. The van der Waals surface area contributed by atoms with Gasteiger partial charge in [-0.3, -0.25) is 9.69 Å². The van der Waals surface area contributed by atoms with Crippen LogP contribution in [0.25, 0.3) is 0 Å². The molecule has 0 unspecified atom stereocenters. The third kappa shape index (κ3) is 4.77. The highest BCUT2D eigenvalue weighted by molar-refractivity contribution is 5.76. The molecule has 19 heavy (non-hydrogen) atoms. The molecule has 0 aliphatic heterocycles. The van der Waals surface area contributed by atoms with Crippen molar-refractivity contribution in [1.82, 2.24) is 4.90 Å². The van der Waals surface area contributed by atoms with E-state index in [1.165, 1.54) is 7.11 Å². The van der Waals surface area contributed by atoms with Gasteiger partial charge in [0, 0.05) is 18.6 Å². The highest BCUT2D eigenvalue weighted by Gasteiger charge is 2.34. The van der Waals surface area contributed by atoms with E-state index in [0.717, 1.165) is 45.2 Å². The summed E-state index contributed by atoms with van der Waals surface area (Å²) in [6.07, 6.45) is 5.61. The topological polar surface area (TPSA) is 55.6 Å². The second kappa shape index (κ2) is 7.25. The van der Waals surface area contributed by atoms with Gasteiger partial charge < -0.3 is 10.5 Å². The van der Waals surface area contributed by atoms with E-state index in [9.17, 15) is 4.79 Å². The number of hydrogen-bond acceptors (Lipinski definition) is 4. The number of nitrogens with zero attached hydrogens (tertiary/aromatic N) is 1. The maximum Gasteiger partial charge on any atom is 0.312 e. The molecular formula is C15H30N2O2. The fourth-order valence-electron chi connectivity index (χ4n) is 2.99. The van der Waals surface area contributed by atoms with Crippen LogP contribution in [-0.2, 0) is 9.53 Å². The Kier molecular flexibility index (Phi) is 6.27. The lowest BCUT2D eigenvalue weighted by Gasteiger charge is -2.39. The van der Waals surface area contributed by atoms with Gasteiger partial charge in [-0.15, -0.1) is 0 Å². The van der Waals surface area contributed by atoms with Crippen molar-refractivity contribution in [2.75, 3.05) is 20.2 Å². The molecule has 0 aromatic carbocycles. The van der Waals surface area contributed by atoms with Gasteiger partial charge in [-0.1, -0.05) is 6.92 Å². The minimum absolute atomic E-state index is 0.124. The summed E-state index contributed by atoms with van der Waals surface area (Å²) in [5.41, 5.74) is 5.53. The largest absolute Gasteiger partial charge is 0.469 e. The average Bonchev–Trinajstić information content (AvgIpc) is 2.38. The van der Waals surface area contributed by atoms with E-state index >= 15 is 0 Å². The first-order valence-corrected chi connectivity index (χ1v) is 7.48. The van der Waals surface area contributed by atoms with Crippen molar-refractivity contribution in [1.29, 1.82) is 0 Å². The molecule has 1 saturated carbocycles. The standard InChI is InChI=1S/C15H30N2O2/c1-5-10-17(11-15(2,3)14(18)19-4)13-8-6-12(16)7-9-13/h12-13H,5-11,16H2,1-4H3. The molecule has 112 valence electrons. The SMILES string of the molecule is CCCN(CC(C)(C)C(=O)OC)C1CCC(N)CC1. The Morgan fingerprint density at radius 1 is 1.32 bits per heavy atom. The Labute approximate surface area is 117 Å². The van der Waals surface area contributed by atoms with Crippen LogP contribution >= 0.6 is 0 Å². The summed E-state index contributed by atoms with van der Waals surface area (Å²) in [6, 6.07) is 0.942. The van der Waals surface area contributed by atoms with E-state index in [0.29, 0.717) is 12.1 Å². The van der Waals surface area contributed by atoms with Crippen LogP contribution in [0.3, 0.4) is 0 Å². The molecule has 4 nitrogen and oxygen atoms in total. The molecule has 1 aliphatic carbocycles. The second-order valence-electron chi connectivity index (χ2n) is 6.41. The van der Waals surface area contributed by atoms with Crippen LogP contribution in [0, 0.1) is 5.41 Å². The fraction of sp³-hybridized carbons (Fsp3) is 0.933. The van der Waals surface area contributed by atoms with E-state index in [-0.39, 0.29) is 5.97 Å². The number of carbonyl (C=O) groups is 1. The molecule has 0 atom stereocenters. The number of nitrogens with two attached hydrogens (primary N) is 1. The number of ether oxygens (including phenoxy) is 1. The van der Waals surface area contributed by atoms with Crippen LogP contribution in [0.4, 0.5) is 0 Å². The van der Waals surface area contributed by atoms with Gasteiger partial charge in [-0.05, 0) is 52.5 Å². The second-order valence-corrected chi connectivity index (χ2v) is 6.41. The summed E-state index contributed by atoms with van der Waals surface area (Å²) < 4.78 is 4.91. The first-order chi connectivity index (χ1) is 8.90. The zero-order chi connectivity index (χ0) is 14.5. The molecule has 0 aromatic heterocycles. The number of esters is 1. The summed E-state index contributed by atoms with van der Waals surface area (Å²) in [4.78, 5) is 14.3. The van der Waals surface area contributed by atoms with E-state index in [4.69, 9.17) is 10.5 Å². The number of rotatable bonds is 6. The van der Waals surface area contributed by atoms with Crippen LogP contribution in [0.2, 0.25) is 0 Å². The van der Waals surface area contributed by atoms with Crippen LogP contribution in [0.5, 0.6) is 0 Å². The minimum atomic E-state index is -0.441. The molecule has 0 radical (unpaired) electrons. The van der Waals surface area contributed by atoms with Crippen molar-refractivity contribution in [3.05, 3.63) is 0 Å². The Hall–Kier alpha value is -0.610. The van der Waals surface area contributed by atoms with Gasteiger partial charge in [0.2, 0.25) is 0 Å². The number of methoxy groups -OCH3 is 1. The summed E-state index contributed by atoms with van der Waals surface area (Å²) in [5.74, 6) is -0.124. The summed E-state index contributed by atoms with van der Waals surface area (Å²) in [5, 5.41) is 0. The first-order valence-electron chi connectivity index (χ1n) is 7.48. The Morgan fingerprint density at radius 2 is 1.89 bits per heavy atom. The van der Waals surface area contributed by atoms with Crippen molar-refractivity contribution in [3.63, 3.8) is 0 Å². The van der Waals surface area contributed by atoms with Gasteiger partial charge in [0.15, 0.2) is 0 Å². The van der Waals surface area contributed by atoms with Crippen molar-refractivity contribution in [2.24, 2.45) is 11.1 Å². The maximum absolute atomic E-state index is 11.8. The van der Waals surface area contributed by atoms with E-state index < -0.39 is 5.41 Å². The van der Waals surface area contributed by atoms with Gasteiger partial charge in [0.25, 0.3) is 0 Å². The van der Waals surface area contributed by atoms with Crippen molar-refractivity contribution in [2.45, 2.75) is 65.0 Å². The van der Waals surface area contributed by atoms with Crippen LogP contribution in [0.1, 0.15) is 52.9 Å². The predicted molar refractivity (Wildman–Crippen MR) is 77.9 cm³/mol. The molecule has 1 fully saturated rings. The summed E-state index contributed by atoms with van der Waals surface area (Å²) in [7, 11) is 1.47. The van der Waals surface area contributed by atoms with Crippen molar-refractivity contribution >= 4 is 5.97 Å². The molecule has 4 heteroatoms. The zero-order valence-corrected chi connectivity index (χ0v) is 12.9. The van der Waals surface area contributed by atoms with Gasteiger partial charge in [-0.2, -0.15) is 0 Å². The molecule has 2 N–H and O–H groups in total.